The quantitative estimate of drug-likeness (QED) is 0.575. The fourth-order valence-electron chi connectivity index (χ4n) is 2.75. The van der Waals surface area contributed by atoms with Crippen molar-refractivity contribution < 1.29 is 4.52 Å². The van der Waals surface area contributed by atoms with Crippen molar-refractivity contribution >= 4 is 0 Å². The van der Waals surface area contributed by atoms with Crippen LogP contribution in [0.1, 0.15) is 11.4 Å². The Morgan fingerprint density at radius 2 is 1.67 bits per heavy atom. The third-order valence-electron chi connectivity index (χ3n) is 3.89. The maximum Gasteiger partial charge on any atom is 0.261 e. The number of nitrogens with zero attached hydrogens (tertiary/aromatic N) is 4. The SMILES string of the molecule is Cn1ncc(-c2nc(Cc3ccccc3)no2)c1-c1ccccc1. The van der Waals surface area contributed by atoms with Crippen LogP contribution in [0.5, 0.6) is 0 Å². The summed E-state index contributed by atoms with van der Waals surface area (Å²) in [5.74, 6) is 1.16. The molecule has 2 heterocycles. The van der Waals surface area contributed by atoms with Crippen molar-refractivity contribution in [2.75, 3.05) is 0 Å². The molecule has 0 aliphatic carbocycles. The average molecular weight is 316 g/mol. The van der Waals surface area contributed by atoms with Crippen LogP contribution in [0.2, 0.25) is 0 Å². The summed E-state index contributed by atoms with van der Waals surface area (Å²) in [5, 5.41) is 8.46. The summed E-state index contributed by atoms with van der Waals surface area (Å²) in [6, 6.07) is 20.2. The van der Waals surface area contributed by atoms with Crippen LogP contribution in [-0.4, -0.2) is 19.9 Å². The van der Waals surface area contributed by atoms with Crippen LogP contribution in [0.4, 0.5) is 0 Å². The summed E-state index contributed by atoms with van der Waals surface area (Å²) >= 11 is 0. The monoisotopic (exact) mass is 316 g/mol. The van der Waals surface area contributed by atoms with Gasteiger partial charge in [0.05, 0.1) is 17.5 Å². The summed E-state index contributed by atoms with van der Waals surface area (Å²) in [7, 11) is 1.91. The Hall–Kier alpha value is -3.21. The van der Waals surface area contributed by atoms with E-state index in [1.54, 1.807) is 6.20 Å². The van der Waals surface area contributed by atoms with Gasteiger partial charge in [-0.2, -0.15) is 10.1 Å². The van der Waals surface area contributed by atoms with Crippen LogP contribution >= 0.6 is 0 Å². The van der Waals surface area contributed by atoms with Crippen LogP contribution in [0, 0.1) is 0 Å². The average Bonchev–Trinajstić information content (AvgIpc) is 3.23. The van der Waals surface area contributed by atoms with E-state index in [0.29, 0.717) is 18.1 Å². The lowest BCUT2D eigenvalue weighted by molar-refractivity contribution is 0.424. The molecule has 0 saturated heterocycles. The van der Waals surface area contributed by atoms with Gasteiger partial charge < -0.3 is 4.52 Å². The van der Waals surface area contributed by atoms with E-state index in [0.717, 1.165) is 22.4 Å². The van der Waals surface area contributed by atoms with Crippen molar-refractivity contribution in [1.82, 2.24) is 19.9 Å². The van der Waals surface area contributed by atoms with E-state index in [1.807, 2.05) is 60.3 Å². The zero-order chi connectivity index (χ0) is 16.4. The zero-order valence-electron chi connectivity index (χ0n) is 13.3. The molecular formula is C19H16N4O. The number of hydrogen-bond donors (Lipinski definition) is 0. The molecule has 0 aliphatic heterocycles. The van der Waals surface area contributed by atoms with E-state index < -0.39 is 0 Å². The molecule has 0 atom stereocenters. The lowest BCUT2D eigenvalue weighted by atomic mass is 10.1. The van der Waals surface area contributed by atoms with Crippen LogP contribution in [-0.2, 0) is 13.5 Å². The van der Waals surface area contributed by atoms with Gasteiger partial charge in [-0.15, -0.1) is 0 Å². The number of aromatic nitrogens is 4. The maximum atomic E-state index is 5.48. The molecule has 4 aromatic rings. The summed E-state index contributed by atoms with van der Waals surface area (Å²) in [4.78, 5) is 4.54. The van der Waals surface area contributed by atoms with Gasteiger partial charge in [0.2, 0.25) is 0 Å². The molecule has 2 aromatic carbocycles. The number of benzene rings is 2. The van der Waals surface area contributed by atoms with E-state index in [9.17, 15) is 0 Å². The molecule has 0 amide bonds. The van der Waals surface area contributed by atoms with E-state index in [4.69, 9.17) is 4.52 Å². The predicted octanol–water partition coefficient (Wildman–Crippen LogP) is 3.73. The topological polar surface area (TPSA) is 56.7 Å². The molecule has 0 spiro atoms. The van der Waals surface area contributed by atoms with Gasteiger partial charge in [-0.3, -0.25) is 4.68 Å². The standard InChI is InChI=1S/C19H16N4O/c1-23-18(15-10-6-3-7-11-15)16(13-20-23)19-21-17(22-24-19)12-14-8-4-2-5-9-14/h2-11,13H,12H2,1H3. The minimum atomic E-state index is 0.493. The lowest BCUT2D eigenvalue weighted by Crippen LogP contribution is -1.94. The first-order valence-corrected chi connectivity index (χ1v) is 7.75. The van der Waals surface area contributed by atoms with Gasteiger partial charge in [-0.05, 0) is 5.56 Å². The fourth-order valence-corrected chi connectivity index (χ4v) is 2.75. The van der Waals surface area contributed by atoms with Crippen molar-refractivity contribution in [3.63, 3.8) is 0 Å². The predicted molar refractivity (Wildman–Crippen MR) is 91.2 cm³/mol. The molecular weight excluding hydrogens is 300 g/mol. The largest absolute Gasteiger partial charge is 0.334 e. The van der Waals surface area contributed by atoms with Crippen molar-refractivity contribution in [2.24, 2.45) is 7.05 Å². The molecule has 0 aliphatic rings. The lowest BCUT2D eigenvalue weighted by Gasteiger charge is -2.03. The summed E-state index contributed by atoms with van der Waals surface area (Å²) in [6.07, 6.45) is 2.41. The van der Waals surface area contributed by atoms with Crippen LogP contribution in [0.25, 0.3) is 22.7 Å². The van der Waals surface area contributed by atoms with E-state index >= 15 is 0 Å². The molecule has 0 N–H and O–H groups in total. The maximum absolute atomic E-state index is 5.48. The molecule has 24 heavy (non-hydrogen) atoms. The second-order valence-electron chi connectivity index (χ2n) is 5.57. The second-order valence-corrected chi connectivity index (χ2v) is 5.57. The molecule has 0 fully saturated rings. The van der Waals surface area contributed by atoms with Gasteiger partial charge in [-0.1, -0.05) is 65.8 Å². The minimum Gasteiger partial charge on any atom is -0.334 e. The number of aryl methyl sites for hydroxylation is 1. The highest BCUT2D eigenvalue weighted by molar-refractivity contribution is 5.76. The second kappa shape index (κ2) is 6.12. The Labute approximate surface area is 139 Å². The molecule has 0 radical (unpaired) electrons. The van der Waals surface area contributed by atoms with Gasteiger partial charge in [-0.25, -0.2) is 0 Å². The van der Waals surface area contributed by atoms with E-state index in [1.165, 1.54) is 0 Å². The fraction of sp³-hybridized carbons (Fsp3) is 0.105. The van der Waals surface area contributed by atoms with Gasteiger partial charge in [0.25, 0.3) is 5.89 Å². The molecule has 0 saturated carbocycles. The first kappa shape index (κ1) is 14.4. The normalized spacial score (nSPS) is 10.9. The van der Waals surface area contributed by atoms with Gasteiger partial charge in [0.15, 0.2) is 5.82 Å². The Balaban J connectivity index is 1.69. The van der Waals surface area contributed by atoms with Gasteiger partial charge in [0, 0.05) is 19.0 Å². The van der Waals surface area contributed by atoms with Crippen LogP contribution in [0.15, 0.2) is 71.4 Å². The Morgan fingerprint density at radius 3 is 2.42 bits per heavy atom. The van der Waals surface area contributed by atoms with Crippen molar-refractivity contribution in [3.8, 4) is 22.7 Å². The molecule has 118 valence electrons. The highest BCUT2D eigenvalue weighted by Crippen LogP contribution is 2.30. The summed E-state index contributed by atoms with van der Waals surface area (Å²) in [6.45, 7) is 0. The number of rotatable bonds is 4. The Morgan fingerprint density at radius 1 is 0.958 bits per heavy atom. The summed E-state index contributed by atoms with van der Waals surface area (Å²) < 4.78 is 7.31. The van der Waals surface area contributed by atoms with E-state index in [2.05, 4.69) is 27.4 Å². The van der Waals surface area contributed by atoms with Gasteiger partial charge >= 0.3 is 0 Å². The van der Waals surface area contributed by atoms with Crippen LogP contribution in [0.3, 0.4) is 0 Å². The molecule has 4 rings (SSSR count). The van der Waals surface area contributed by atoms with Crippen molar-refractivity contribution in [3.05, 3.63) is 78.2 Å². The van der Waals surface area contributed by atoms with Crippen molar-refractivity contribution in [2.45, 2.75) is 6.42 Å². The first-order chi connectivity index (χ1) is 11.8. The van der Waals surface area contributed by atoms with Crippen molar-refractivity contribution in [1.29, 1.82) is 0 Å². The molecule has 5 nitrogen and oxygen atoms in total. The summed E-state index contributed by atoms with van der Waals surface area (Å²) in [5.41, 5.74) is 4.02. The zero-order valence-corrected chi connectivity index (χ0v) is 13.3. The highest BCUT2D eigenvalue weighted by atomic mass is 16.5. The third kappa shape index (κ3) is 2.72. The molecule has 2 aromatic heterocycles. The number of hydrogen-bond acceptors (Lipinski definition) is 4. The smallest absolute Gasteiger partial charge is 0.261 e. The molecule has 5 heteroatoms. The first-order valence-electron chi connectivity index (χ1n) is 7.75. The third-order valence-corrected chi connectivity index (χ3v) is 3.89. The highest BCUT2D eigenvalue weighted by Gasteiger charge is 2.18. The van der Waals surface area contributed by atoms with Gasteiger partial charge in [0.1, 0.15) is 0 Å². The molecule has 0 unspecified atom stereocenters. The molecule has 0 bridgehead atoms. The minimum absolute atomic E-state index is 0.493. The van der Waals surface area contributed by atoms with Crippen LogP contribution < -0.4 is 0 Å². The Bertz CT molecular complexity index is 942. The Kier molecular flexibility index (Phi) is 3.67. The van der Waals surface area contributed by atoms with E-state index in [-0.39, 0.29) is 0 Å².